The third-order valence-electron chi connectivity index (χ3n) is 4.55. The van der Waals surface area contributed by atoms with Crippen LogP contribution in [0.2, 0.25) is 0 Å². The average Bonchev–Trinajstić information content (AvgIpc) is 2.66. The highest BCUT2D eigenvalue weighted by Crippen LogP contribution is 2.29. The van der Waals surface area contributed by atoms with Gasteiger partial charge in [-0.1, -0.05) is 30.3 Å². The predicted octanol–water partition coefficient (Wildman–Crippen LogP) is 3.52. The molecule has 0 radical (unpaired) electrons. The van der Waals surface area contributed by atoms with Crippen LogP contribution < -0.4 is 10.5 Å². The fourth-order valence-electron chi connectivity index (χ4n) is 3.14. The summed E-state index contributed by atoms with van der Waals surface area (Å²) in [6.07, 6.45) is 1.67. The van der Waals surface area contributed by atoms with Gasteiger partial charge in [0.15, 0.2) is 0 Å². The van der Waals surface area contributed by atoms with Gasteiger partial charge in [-0.15, -0.1) is 0 Å². The Morgan fingerprint density at radius 3 is 2.64 bits per heavy atom. The quantitative estimate of drug-likeness (QED) is 0.800. The maximum Gasteiger partial charge on any atom is 0.409 e. The van der Waals surface area contributed by atoms with Crippen LogP contribution in [0.3, 0.4) is 0 Å². The summed E-state index contributed by atoms with van der Waals surface area (Å²) in [7, 11) is 0. The zero-order valence-corrected chi connectivity index (χ0v) is 15.3. The molecule has 1 aliphatic rings. The number of amides is 1. The van der Waals surface area contributed by atoms with Gasteiger partial charge < -0.3 is 15.4 Å². The summed E-state index contributed by atoms with van der Waals surface area (Å²) in [6.45, 7) is 4.29. The highest BCUT2D eigenvalue weighted by molar-refractivity contribution is 7.97. The largest absolute Gasteiger partial charge is 0.450 e. The second-order valence-electron chi connectivity index (χ2n) is 6.15. The van der Waals surface area contributed by atoms with E-state index in [1.807, 2.05) is 6.92 Å². The van der Waals surface area contributed by atoms with E-state index in [2.05, 4.69) is 41.1 Å². The molecular formula is C19H25N3O2S. The highest BCUT2D eigenvalue weighted by atomic mass is 32.2. The molecule has 5 nitrogen and oxygen atoms in total. The molecule has 134 valence electrons. The first-order chi connectivity index (χ1) is 12.2. The van der Waals surface area contributed by atoms with Crippen molar-refractivity contribution in [3.05, 3.63) is 42.0 Å². The zero-order chi connectivity index (χ0) is 17.6. The van der Waals surface area contributed by atoms with Crippen LogP contribution in [0.4, 0.5) is 4.79 Å². The minimum atomic E-state index is -0.197. The first kappa shape index (κ1) is 18.0. The van der Waals surface area contributed by atoms with Crippen molar-refractivity contribution in [2.75, 3.05) is 19.7 Å². The lowest BCUT2D eigenvalue weighted by atomic mass is 10.0. The number of nitrogens with one attached hydrogen (secondary N) is 1. The fraction of sp³-hybridized carbons (Fsp3) is 0.421. The van der Waals surface area contributed by atoms with Gasteiger partial charge in [-0.3, -0.25) is 4.72 Å². The molecule has 2 aromatic carbocycles. The number of nitrogens with two attached hydrogens (primary N) is 1. The summed E-state index contributed by atoms with van der Waals surface area (Å²) in [5, 5.41) is 2.45. The van der Waals surface area contributed by atoms with Gasteiger partial charge in [-0.25, -0.2) is 4.79 Å². The van der Waals surface area contributed by atoms with Crippen molar-refractivity contribution < 1.29 is 9.53 Å². The normalized spacial score (nSPS) is 15.5. The Labute approximate surface area is 153 Å². The molecule has 0 bridgehead atoms. The molecule has 3 N–H and O–H groups in total. The first-order valence-electron chi connectivity index (χ1n) is 8.77. The smallest absolute Gasteiger partial charge is 0.409 e. The maximum atomic E-state index is 11.8. The summed E-state index contributed by atoms with van der Waals surface area (Å²) in [5.74, 6) is 0. The first-order valence-corrected chi connectivity index (χ1v) is 9.59. The number of piperidine rings is 1. The minimum Gasteiger partial charge on any atom is -0.450 e. The molecule has 1 aliphatic heterocycles. The van der Waals surface area contributed by atoms with E-state index in [-0.39, 0.29) is 6.09 Å². The van der Waals surface area contributed by atoms with Gasteiger partial charge in [0.1, 0.15) is 0 Å². The SMILES string of the molecule is CCOC(=O)N1CCC(NSc2ccc(CN)c3ccccc23)CC1. The monoisotopic (exact) mass is 359 g/mol. The van der Waals surface area contributed by atoms with E-state index in [1.54, 1.807) is 16.8 Å². The Balaban J connectivity index is 1.60. The van der Waals surface area contributed by atoms with Crippen molar-refractivity contribution in [3.63, 3.8) is 0 Å². The number of hydrogen-bond acceptors (Lipinski definition) is 5. The van der Waals surface area contributed by atoms with Crippen molar-refractivity contribution in [3.8, 4) is 0 Å². The number of nitrogens with zero attached hydrogens (tertiary/aromatic N) is 1. The average molecular weight is 359 g/mol. The van der Waals surface area contributed by atoms with Crippen LogP contribution in [0.15, 0.2) is 41.3 Å². The molecule has 0 aromatic heterocycles. The summed E-state index contributed by atoms with van der Waals surface area (Å²) < 4.78 is 8.63. The number of ether oxygens (including phenoxy) is 1. The molecule has 0 spiro atoms. The van der Waals surface area contributed by atoms with Crippen molar-refractivity contribution in [1.29, 1.82) is 0 Å². The van der Waals surface area contributed by atoms with Gasteiger partial charge in [0.2, 0.25) is 0 Å². The lowest BCUT2D eigenvalue weighted by Gasteiger charge is -2.31. The zero-order valence-electron chi connectivity index (χ0n) is 14.5. The summed E-state index contributed by atoms with van der Waals surface area (Å²) in [5.41, 5.74) is 7.02. The number of likely N-dealkylation sites (tertiary alicyclic amines) is 1. The number of carbonyl (C=O) groups is 1. The third-order valence-corrected chi connectivity index (χ3v) is 5.58. The van der Waals surface area contributed by atoms with E-state index in [9.17, 15) is 4.79 Å². The number of rotatable bonds is 5. The summed E-state index contributed by atoms with van der Waals surface area (Å²) in [6, 6.07) is 13.0. The van der Waals surface area contributed by atoms with Gasteiger partial charge in [-0.05, 0) is 54.1 Å². The molecule has 1 saturated heterocycles. The Kier molecular flexibility index (Phi) is 6.18. The fourth-order valence-corrected chi connectivity index (χ4v) is 4.10. The van der Waals surface area contributed by atoms with E-state index in [0.29, 0.717) is 19.2 Å². The van der Waals surface area contributed by atoms with Gasteiger partial charge >= 0.3 is 6.09 Å². The maximum absolute atomic E-state index is 11.8. The Morgan fingerprint density at radius 2 is 1.96 bits per heavy atom. The van der Waals surface area contributed by atoms with Gasteiger partial charge in [0.25, 0.3) is 0 Å². The lowest BCUT2D eigenvalue weighted by Crippen LogP contribution is -2.43. The van der Waals surface area contributed by atoms with Gasteiger partial charge in [0.05, 0.1) is 6.61 Å². The molecule has 0 unspecified atom stereocenters. The van der Waals surface area contributed by atoms with Crippen molar-refractivity contribution in [1.82, 2.24) is 9.62 Å². The number of carbonyl (C=O) groups excluding carboxylic acids is 1. The number of fused-ring (bicyclic) bond motifs is 1. The second kappa shape index (κ2) is 8.56. The lowest BCUT2D eigenvalue weighted by molar-refractivity contribution is 0.0967. The number of benzene rings is 2. The molecule has 3 rings (SSSR count). The van der Waals surface area contributed by atoms with E-state index >= 15 is 0 Å². The van der Waals surface area contributed by atoms with Crippen molar-refractivity contribution in [2.45, 2.75) is 37.2 Å². The van der Waals surface area contributed by atoms with Crippen LogP contribution in [-0.2, 0) is 11.3 Å². The molecule has 0 aliphatic carbocycles. The van der Waals surface area contributed by atoms with Crippen LogP contribution >= 0.6 is 11.9 Å². The molecule has 6 heteroatoms. The van der Waals surface area contributed by atoms with Gasteiger partial charge in [-0.2, -0.15) is 0 Å². The molecule has 1 fully saturated rings. The molecule has 0 saturated carbocycles. The summed E-state index contributed by atoms with van der Waals surface area (Å²) >= 11 is 1.67. The van der Waals surface area contributed by atoms with E-state index in [1.165, 1.54) is 21.2 Å². The van der Waals surface area contributed by atoms with Crippen molar-refractivity contribution >= 4 is 28.8 Å². The highest BCUT2D eigenvalue weighted by Gasteiger charge is 2.23. The molecule has 1 heterocycles. The Bertz CT molecular complexity index is 730. The molecule has 1 amide bonds. The van der Waals surface area contributed by atoms with E-state index in [0.717, 1.165) is 25.9 Å². The second-order valence-corrected chi connectivity index (χ2v) is 7.03. The Hall–Kier alpha value is -1.76. The summed E-state index contributed by atoms with van der Waals surface area (Å²) in [4.78, 5) is 14.8. The minimum absolute atomic E-state index is 0.197. The van der Waals surface area contributed by atoms with E-state index in [4.69, 9.17) is 10.5 Å². The van der Waals surface area contributed by atoms with Crippen LogP contribution in [-0.4, -0.2) is 36.7 Å². The van der Waals surface area contributed by atoms with Crippen LogP contribution in [0, 0.1) is 0 Å². The number of hydrogen-bond donors (Lipinski definition) is 2. The Morgan fingerprint density at radius 1 is 1.24 bits per heavy atom. The van der Waals surface area contributed by atoms with Crippen molar-refractivity contribution in [2.24, 2.45) is 5.73 Å². The predicted molar refractivity (Wildman–Crippen MR) is 102 cm³/mol. The van der Waals surface area contributed by atoms with Gasteiger partial charge in [0, 0.05) is 30.6 Å². The van der Waals surface area contributed by atoms with Crippen LogP contribution in [0.1, 0.15) is 25.3 Å². The molecule has 0 atom stereocenters. The molecule has 2 aromatic rings. The van der Waals surface area contributed by atoms with E-state index < -0.39 is 0 Å². The third kappa shape index (κ3) is 4.26. The van der Waals surface area contributed by atoms with Crippen LogP contribution in [0.25, 0.3) is 10.8 Å². The van der Waals surface area contributed by atoms with Crippen LogP contribution in [0.5, 0.6) is 0 Å². The topological polar surface area (TPSA) is 67.6 Å². The molecule has 25 heavy (non-hydrogen) atoms. The standard InChI is InChI=1S/C19H25N3O2S/c1-2-24-19(23)22-11-9-15(10-12-22)21-25-18-8-7-14(13-20)16-5-3-4-6-17(16)18/h3-8,15,21H,2,9-13,20H2,1H3. The molecular weight excluding hydrogens is 334 g/mol.